The Morgan fingerprint density at radius 3 is 1.88 bits per heavy atom. The predicted molar refractivity (Wildman–Crippen MR) is 69.0 cm³/mol. The van der Waals surface area contributed by atoms with Gasteiger partial charge in [0.25, 0.3) is 0 Å². The maximum Gasteiger partial charge on any atom is 0.407 e. The molecule has 4 nitrogen and oxygen atoms in total. The van der Waals surface area contributed by atoms with E-state index in [1.807, 2.05) is 34.6 Å². The zero-order valence-electron chi connectivity index (χ0n) is 10.9. The fourth-order valence-corrected chi connectivity index (χ4v) is 1.19. The van der Waals surface area contributed by atoms with E-state index >= 15 is 0 Å². The van der Waals surface area contributed by atoms with Crippen molar-refractivity contribution in [3.8, 4) is 0 Å². The molecule has 0 rings (SSSR count). The van der Waals surface area contributed by atoms with Gasteiger partial charge in [0.1, 0.15) is 0 Å². The first kappa shape index (κ1) is 17.7. The fraction of sp³-hybridized carbons (Fsp3) is 0.818. The standard InChI is InChI=1S/C11H21NO3.H2S/c1-7(2)8(12-10(14)15-6)9(13)11(3,4)5;/h7-8H,1-6H3,(H,12,14);1H2/t8-;/m0./s1. The fourth-order valence-electron chi connectivity index (χ4n) is 1.19. The van der Waals surface area contributed by atoms with Gasteiger partial charge < -0.3 is 10.1 Å². The summed E-state index contributed by atoms with van der Waals surface area (Å²) in [5.74, 6) is 0.0683. The summed E-state index contributed by atoms with van der Waals surface area (Å²) in [4.78, 5) is 23.1. The monoisotopic (exact) mass is 249 g/mol. The molecule has 1 amide bonds. The highest BCUT2D eigenvalue weighted by molar-refractivity contribution is 7.59. The molecule has 0 aromatic heterocycles. The summed E-state index contributed by atoms with van der Waals surface area (Å²) in [5.41, 5.74) is -0.462. The lowest BCUT2D eigenvalue weighted by molar-refractivity contribution is -0.129. The molecule has 0 spiro atoms. The molecule has 0 radical (unpaired) electrons. The number of Topliss-reactive ketones (excluding diaryl/α,β-unsaturated/α-hetero) is 1. The van der Waals surface area contributed by atoms with E-state index in [0.29, 0.717) is 0 Å². The first-order valence-electron chi connectivity index (χ1n) is 5.09. The summed E-state index contributed by atoms with van der Waals surface area (Å²) < 4.78 is 4.49. The van der Waals surface area contributed by atoms with Crippen LogP contribution in [-0.2, 0) is 9.53 Å². The van der Waals surface area contributed by atoms with Gasteiger partial charge in [-0.1, -0.05) is 34.6 Å². The molecule has 0 saturated carbocycles. The van der Waals surface area contributed by atoms with Crippen molar-refractivity contribution in [1.82, 2.24) is 5.32 Å². The van der Waals surface area contributed by atoms with Crippen molar-refractivity contribution in [1.29, 1.82) is 0 Å². The highest BCUT2D eigenvalue weighted by Gasteiger charge is 2.32. The molecule has 1 N–H and O–H groups in total. The largest absolute Gasteiger partial charge is 0.453 e. The predicted octanol–water partition coefficient (Wildman–Crippen LogP) is 2.10. The quantitative estimate of drug-likeness (QED) is 0.833. The lowest BCUT2D eigenvalue weighted by atomic mass is 9.82. The number of carbonyl (C=O) groups is 2. The maximum atomic E-state index is 12.0. The summed E-state index contributed by atoms with van der Waals surface area (Å²) >= 11 is 0. The molecule has 0 unspecified atom stereocenters. The number of hydrogen-bond acceptors (Lipinski definition) is 3. The van der Waals surface area contributed by atoms with Crippen LogP contribution in [0.2, 0.25) is 0 Å². The van der Waals surface area contributed by atoms with Gasteiger partial charge in [-0.05, 0) is 5.92 Å². The Labute approximate surface area is 105 Å². The van der Waals surface area contributed by atoms with Gasteiger partial charge >= 0.3 is 6.09 Å². The zero-order chi connectivity index (χ0) is 12.2. The number of rotatable bonds is 3. The second-order valence-electron chi connectivity index (χ2n) is 4.97. The number of methoxy groups -OCH3 is 1. The maximum absolute atomic E-state index is 12.0. The molecule has 0 aliphatic rings. The lowest BCUT2D eigenvalue weighted by Gasteiger charge is -2.27. The number of carbonyl (C=O) groups excluding carboxylic acids is 2. The van der Waals surface area contributed by atoms with Gasteiger partial charge in [-0.25, -0.2) is 4.79 Å². The number of ether oxygens (including phenoxy) is 1. The van der Waals surface area contributed by atoms with E-state index in [1.165, 1.54) is 7.11 Å². The SMILES string of the molecule is COC(=O)N[C@H](C(=O)C(C)(C)C)C(C)C.S. The van der Waals surface area contributed by atoms with Gasteiger partial charge in [-0.2, -0.15) is 13.5 Å². The summed E-state index contributed by atoms with van der Waals surface area (Å²) in [7, 11) is 1.29. The number of ketones is 1. The molecule has 5 heteroatoms. The molecule has 0 fully saturated rings. The second kappa shape index (κ2) is 6.78. The van der Waals surface area contributed by atoms with E-state index in [1.54, 1.807) is 0 Å². The van der Waals surface area contributed by atoms with E-state index in [4.69, 9.17) is 0 Å². The Balaban J connectivity index is 0. The Morgan fingerprint density at radius 1 is 1.19 bits per heavy atom. The van der Waals surface area contributed by atoms with E-state index < -0.39 is 17.6 Å². The Kier molecular flexibility index (Phi) is 7.49. The molecule has 1 atom stereocenters. The first-order chi connectivity index (χ1) is 6.70. The molecule has 0 aliphatic heterocycles. The van der Waals surface area contributed by atoms with Crippen LogP contribution in [0.3, 0.4) is 0 Å². The molecule has 0 heterocycles. The Hall–Kier alpha value is -0.710. The third-order valence-electron chi connectivity index (χ3n) is 2.15. The molecule has 0 aliphatic carbocycles. The van der Waals surface area contributed by atoms with Crippen LogP contribution in [0.25, 0.3) is 0 Å². The van der Waals surface area contributed by atoms with Crippen molar-refractivity contribution in [2.45, 2.75) is 40.7 Å². The van der Waals surface area contributed by atoms with Crippen molar-refractivity contribution < 1.29 is 14.3 Å². The smallest absolute Gasteiger partial charge is 0.407 e. The highest BCUT2D eigenvalue weighted by atomic mass is 32.1. The third-order valence-corrected chi connectivity index (χ3v) is 2.15. The van der Waals surface area contributed by atoms with Crippen LogP contribution in [0.15, 0.2) is 0 Å². The normalized spacial score (nSPS) is 12.7. The van der Waals surface area contributed by atoms with Crippen LogP contribution in [0, 0.1) is 11.3 Å². The average molecular weight is 249 g/mol. The van der Waals surface area contributed by atoms with Crippen LogP contribution in [0.1, 0.15) is 34.6 Å². The minimum atomic E-state index is -0.564. The van der Waals surface area contributed by atoms with Crippen LogP contribution in [0.5, 0.6) is 0 Å². The molecule has 0 bridgehead atoms. The van der Waals surface area contributed by atoms with E-state index in [0.717, 1.165) is 0 Å². The van der Waals surface area contributed by atoms with Gasteiger partial charge in [0.2, 0.25) is 0 Å². The van der Waals surface area contributed by atoms with Crippen LogP contribution in [-0.4, -0.2) is 25.0 Å². The Morgan fingerprint density at radius 2 is 1.62 bits per heavy atom. The molecule has 0 saturated heterocycles. The van der Waals surface area contributed by atoms with Gasteiger partial charge in [0.05, 0.1) is 13.2 Å². The molecular weight excluding hydrogens is 226 g/mol. The van der Waals surface area contributed by atoms with Gasteiger partial charge in [-0.3, -0.25) is 4.79 Å². The Bertz CT molecular complexity index is 246. The minimum Gasteiger partial charge on any atom is -0.453 e. The molecule has 0 aromatic carbocycles. The first-order valence-corrected chi connectivity index (χ1v) is 5.09. The minimum absolute atomic E-state index is 0. The summed E-state index contributed by atoms with van der Waals surface area (Å²) in [6, 6.07) is -0.488. The molecule has 96 valence electrons. The highest BCUT2D eigenvalue weighted by Crippen LogP contribution is 2.20. The molecule has 0 aromatic rings. The van der Waals surface area contributed by atoms with Crippen LogP contribution in [0.4, 0.5) is 4.79 Å². The number of nitrogens with one attached hydrogen (secondary N) is 1. The van der Waals surface area contributed by atoms with Gasteiger partial charge in [0.15, 0.2) is 5.78 Å². The van der Waals surface area contributed by atoms with Crippen molar-refractivity contribution in [3.05, 3.63) is 0 Å². The average Bonchev–Trinajstić information content (AvgIpc) is 2.10. The molecular formula is C11H23NO3S. The lowest BCUT2D eigenvalue weighted by Crippen LogP contribution is -2.48. The molecule has 16 heavy (non-hydrogen) atoms. The summed E-state index contributed by atoms with van der Waals surface area (Å²) in [6.07, 6.45) is -0.564. The number of hydrogen-bond donors (Lipinski definition) is 1. The van der Waals surface area contributed by atoms with Crippen molar-refractivity contribution >= 4 is 25.4 Å². The number of alkyl carbamates (subject to hydrolysis) is 1. The van der Waals surface area contributed by atoms with Crippen molar-refractivity contribution in [2.24, 2.45) is 11.3 Å². The van der Waals surface area contributed by atoms with Crippen molar-refractivity contribution in [3.63, 3.8) is 0 Å². The van der Waals surface area contributed by atoms with Gasteiger partial charge in [0, 0.05) is 5.41 Å². The summed E-state index contributed by atoms with van der Waals surface area (Å²) in [6.45, 7) is 9.30. The summed E-state index contributed by atoms with van der Waals surface area (Å²) in [5, 5.41) is 2.56. The van der Waals surface area contributed by atoms with Crippen LogP contribution >= 0.6 is 13.5 Å². The topological polar surface area (TPSA) is 55.4 Å². The van der Waals surface area contributed by atoms with Crippen LogP contribution < -0.4 is 5.32 Å². The van der Waals surface area contributed by atoms with E-state index in [9.17, 15) is 9.59 Å². The van der Waals surface area contributed by atoms with Crippen molar-refractivity contribution in [2.75, 3.05) is 7.11 Å². The van der Waals surface area contributed by atoms with E-state index in [2.05, 4.69) is 10.1 Å². The zero-order valence-corrected chi connectivity index (χ0v) is 11.9. The van der Waals surface area contributed by atoms with Gasteiger partial charge in [-0.15, -0.1) is 0 Å². The van der Waals surface area contributed by atoms with E-state index in [-0.39, 0.29) is 25.2 Å². The second-order valence-corrected chi connectivity index (χ2v) is 4.97. The number of amides is 1. The third kappa shape index (κ3) is 5.39.